The highest BCUT2D eigenvalue weighted by Crippen LogP contribution is 2.51. The molecule has 2 aromatic rings. The van der Waals surface area contributed by atoms with Crippen LogP contribution in [0.4, 0.5) is 26.3 Å². The average Bonchev–Trinajstić information content (AvgIpc) is 3.41. The number of hydrogen-bond acceptors (Lipinski definition) is 7. The summed E-state index contributed by atoms with van der Waals surface area (Å²) in [6, 6.07) is 1.51. The third kappa shape index (κ3) is 5.29. The first-order valence-electron chi connectivity index (χ1n) is 11.0. The van der Waals surface area contributed by atoms with Crippen molar-refractivity contribution in [1.29, 1.82) is 0 Å². The number of hydrogen-bond donors (Lipinski definition) is 1. The molecule has 0 spiro atoms. The third-order valence-electron chi connectivity index (χ3n) is 6.55. The summed E-state index contributed by atoms with van der Waals surface area (Å²) in [5.41, 5.74) is -11.5. The van der Waals surface area contributed by atoms with Crippen LogP contribution in [-0.4, -0.2) is 49.5 Å². The normalized spacial score (nSPS) is 21.4. The van der Waals surface area contributed by atoms with E-state index in [1.54, 1.807) is 0 Å². The summed E-state index contributed by atoms with van der Waals surface area (Å²) in [7, 11) is -11.9. The van der Waals surface area contributed by atoms with E-state index in [1.165, 1.54) is 0 Å². The van der Waals surface area contributed by atoms with Crippen LogP contribution in [0.15, 0.2) is 18.3 Å². The maximum atomic E-state index is 13.3. The zero-order valence-corrected chi connectivity index (χ0v) is 22.3. The van der Waals surface area contributed by atoms with Crippen LogP contribution in [0.5, 0.6) is 5.75 Å². The summed E-state index contributed by atoms with van der Waals surface area (Å²) in [5.74, 6) is -4.03. The lowest BCUT2D eigenvalue weighted by molar-refractivity contribution is -0.123. The molecule has 0 bridgehead atoms. The lowest BCUT2D eigenvalue weighted by atomic mass is 9.69. The van der Waals surface area contributed by atoms with Gasteiger partial charge in [0.25, 0.3) is 0 Å². The average molecular weight is 644 g/mol. The van der Waals surface area contributed by atoms with Gasteiger partial charge in [-0.15, -0.1) is 0 Å². The van der Waals surface area contributed by atoms with Crippen molar-refractivity contribution in [2.24, 2.45) is 5.92 Å². The van der Waals surface area contributed by atoms with Gasteiger partial charge in [-0.2, -0.15) is 52.4 Å². The van der Waals surface area contributed by atoms with Crippen LogP contribution in [0.2, 0.25) is 10.0 Å². The van der Waals surface area contributed by atoms with Gasteiger partial charge in [0.1, 0.15) is 5.75 Å². The van der Waals surface area contributed by atoms with Crippen LogP contribution < -0.4 is 9.50 Å². The smallest absolute Gasteiger partial charge is 0.376 e. The number of carbonyl (C=O) groups is 1. The summed E-state index contributed by atoms with van der Waals surface area (Å²) in [5, 5.41) is 5.34. The van der Waals surface area contributed by atoms with E-state index < -0.39 is 60.6 Å². The molecule has 0 saturated carbocycles. The Morgan fingerprint density at radius 1 is 1.00 bits per heavy atom. The van der Waals surface area contributed by atoms with Gasteiger partial charge in [0.05, 0.1) is 11.9 Å². The Bertz CT molecular complexity index is 1500. The van der Waals surface area contributed by atoms with Crippen molar-refractivity contribution in [3.05, 3.63) is 45.2 Å². The summed E-state index contributed by atoms with van der Waals surface area (Å²) in [6.45, 7) is 0.224. The molecule has 3 atom stereocenters. The van der Waals surface area contributed by atoms with Crippen molar-refractivity contribution in [3.8, 4) is 5.75 Å². The topological polar surface area (TPSA) is 124 Å². The van der Waals surface area contributed by atoms with E-state index in [9.17, 15) is 48.0 Å². The van der Waals surface area contributed by atoms with Crippen LogP contribution in [0.3, 0.4) is 0 Å². The molecule has 1 aliphatic carbocycles. The van der Waals surface area contributed by atoms with Gasteiger partial charge in [-0.1, -0.05) is 23.2 Å². The summed E-state index contributed by atoms with van der Waals surface area (Å²) in [6.07, 6.45) is 1.54. The van der Waals surface area contributed by atoms with Crippen molar-refractivity contribution < 1.29 is 52.2 Å². The number of amides is 1. The zero-order valence-electron chi connectivity index (χ0n) is 19.2. The molecule has 2 heterocycles. The van der Waals surface area contributed by atoms with Crippen molar-refractivity contribution >= 4 is 49.3 Å². The number of aromatic nitrogens is 2. The monoisotopic (exact) mass is 643 g/mol. The number of carbonyl (C=O) groups excluding carboxylic acids is 1. The predicted molar refractivity (Wildman–Crippen MR) is 124 cm³/mol. The molecule has 2 unspecified atom stereocenters. The highest BCUT2D eigenvalue weighted by molar-refractivity contribution is 7.90. The maximum absolute atomic E-state index is 13.3. The molecular weight excluding hydrogens is 627 g/mol. The Kier molecular flexibility index (Phi) is 7.62. The molecule has 1 fully saturated rings. The summed E-state index contributed by atoms with van der Waals surface area (Å²) >= 11 is 12.7. The molecular formula is C20H17Cl2F6N3O6S2. The van der Waals surface area contributed by atoms with Crippen LogP contribution in [0, 0.1) is 5.92 Å². The van der Waals surface area contributed by atoms with Gasteiger partial charge < -0.3 is 9.50 Å². The number of benzene rings is 1. The number of rotatable bonds is 6. The first-order chi connectivity index (χ1) is 17.9. The SMILES string of the molecule is O=C1NCCC1[C@H](c1c(Cl)cc(OS(=O)(=O)C(F)(F)F)cc1Cl)C1CCCc2c1cnn2S(=O)(=O)C(F)(F)F. The highest BCUT2D eigenvalue weighted by atomic mass is 35.5. The lowest BCUT2D eigenvalue weighted by Crippen LogP contribution is -2.33. The van der Waals surface area contributed by atoms with Crippen molar-refractivity contribution in [2.75, 3.05) is 6.54 Å². The lowest BCUT2D eigenvalue weighted by Gasteiger charge is -2.35. The van der Waals surface area contributed by atoms with Crippen LogP contribution >= 0.6 is 23.2 Å². The fourth-order valence-electron chi connectivity index (χ4n) is 4.98. The van der Waals surface area contributed by atoms with Crippen molar-refractivity contribution in [2.45, 2.75) is 48.5 Å². The second kappa shape index (κ2) is 9.99. The summed E-state index contributed by atoms with van der Waals surface area (Å²) < 4.78 is 129. The third-order valence-corrected chi connectivity index (χ3v) is 9.51. The Morgan fingerprint density at radius 3 is 2.13 bits per heavy atom. The zero-order chi connectivity index (χ0) is 29.1. The number of halogens is 8. The van der Waals surface area contributed by atoms with E-state index in [0.717, 1.165) is 18.3 Å². The molecule has 2 aliphatic rings. The summed E-state index contributed by atoms with van der Waals surface area (Å²) in [4.78, 5) is 12.7. The molecule has 1 aromatic carbocycles. The first-order valence-corrected chi connectivity index (χ1v) is 14.6. The molecule has 1 N–H and O–H groups in total. The second-order valence-corrected chi connectivity index (χ2v) is 12.9. The van der Waals surface area contributed by atoms with Crippen molar-refractivity contribution in [3.63, 3.8) is 0 Å². The van der Waals surface area contributed by atoms with Gasteiger partial charge in [-0.25, -0.2) is 0 Å². The molecule has 1 aliphatic heterocycles. The maximum Gasteiger partial charge on any atom is 0.534 e. The molecule has 9 nitrogen and oxygen atoms in total. The highest BCUT2D eigenvalue weighted by Gasteiger charge is 2.51. The van der Waals surface area contributed by atoms with E-state index in [0.29, 0.717) is 0 Å². The number of fused-ring (bicyclic) bond motifs is 1. The van der Waals surface area contributed by atoms with Crippen LogP contribution in [0.25, 0.3) is 0 Å². The number of nitrogens with zero attached hydrogens (tertiary/aromatic N) is 2. The number of nitrogens with one attached hydrogen (secondary N) is 1. The largest absolute Gasteiger partial charge is 0.534 e. The fraction of sp³-hybridized carbons (Fsp3) is 0.500. The second-order valence-electron chi connectivity index (χ2n) is 8.83. The number of alkyl halides is 6. The Labute approximate surface area is 227 Å². The van der Waals surface area contributed by atoms with Gasteiger partial charge in [-0.05, 0) is 42.7 Å². The minimum Gasteiger partial charge on any atom is -0.376 e. The Balaban J connectivity index is 1.84. The molecule has 1 aromatic heterocycles. The van der Waals surface area contributed by atoms with Gasteiger partial charge in [0, 0.05) is 40.6 Å². The molecule has 0 radical (unpaired) electrons. The van der Waals surface area contributed by atoms with E-state index >= 15 is 0 Å². The van der Waals surface area contributed by atoms with E-state index in [-0.39, 0.29) is 63.2 Å². The predicted octanol–water partition coefficient (Wildman–Crippen LogP) is 4.46. The first kappa shape index (κ1) is 29.7. The van der Waals surface area contributed by atoms with Gasteiger partial charge in [-0.3, -0.25) is 4.79 Å². The fourth-order valence-corrected chi connectivity index (χ4v) is 7.00. The molecule has 4 rings (SSSR count). The molecule has 1 saturated heterocycles. The standard InChI is InChI=1S/C20H17Cl2F6N3O6S2/c21-13-6-9(37-39(35,36)20(26,27)28)7-14(22)17(13)16(11-4-5-29-18(11)32)10-2-1-3-15-12(10)8-30-31(15)38(33,34)19(23,24)25/h6-8,10-11,16H,1-5H2,(H,29,32)/t10?,11?,16-/m1/s1. The molecule has 1 amide bonds. The van der Waals surface area contributed by atoms with E-state index in [1.807, 2.05) is 0 Å². The minimum atomic E-state index is -6.07. The van der Waals surface area contributed by atoms with Crippen LogP contribution in [0.1, 0.15) is 47.9 Å². The Hall–Kier alpha value is -2.24. The van der Waals surface area contributed by atoms with Gasteiger partial charge in [0.2, 0.25) is 5.91 Å². The van der Waals surface area contributed by atoms with E-state index in [2.05, 4.69) is 14.6 Å². The molecule has 216 valence electrons. The van der Waals surface area contributed by atoms with Crippen LogP contribution in [-0.2, 0) is 31.4 Å². The molecule has 39 heavy (non-hydrogen) atoms. The quantitative estimate of drug-likeness (QED) is 0.280. The Morgan fingerprint density at radius 2 is 1.62 bits per heavy atom. The van der Waals surface area contributed by atoms with Gasteiger partial charge in [0.15, 0.2) is 0 Å². The van der Waals surface area contributed by atoms with Crippen molar-refractivity contribution in [1.82, 2.24) is 14.5 Å². The minimum absolute atomic E-state index is 0.00131. The van der Waals surface area contributed by atoms with Gasteiger partial charge >= 0.3 is 31.2 Å². The molecule has 19 heteroatoms. The van der Waals surface area contributed by atoms with E-state index in [4.69, 9.17) is 23.2 Å².